The lowest BCUT2D eigenvalue weighted by molar-refractivity contribution is 0.607. The molecule has 96 valence electrons. The number of aromatic amines is 1. The Morgan fingerprint density at radius 1 is 1.39 bits per heavy atom. The van der Waals surface area contributed by atoms with E-state index in [9.17, 15) is 4.39 Å². The van der Waals surface area contributed by atoms with Crippen LogP contribution in [0.4, 0.5) is 4.39 Å². The van der Waals surface area contributed by atoms with Crippen LogP contribution in [0.5, 0.6) is 0 Å². The van der Waals surface area contributed by atoms with Crippen LogP contribution >= 0.6 is 0 Å². The highest BCUT2D eigenvalue weighted by molar-refractivity contribution is 5.23. The number of hydrogen-bond donors (Lipinski definition) is 2. The van der Waals surface area contributed by atoms with E-state index in [1.807, 2.05) is 6.07 Å². The molecule has 0 aliphatic rings. The maximum absolute atomic E-state index is 13.3. The third kappa shape index (κ3) is 3.63. The van der Waals surface area contributed by atoms with E-state index in [1.165, 1.54) is 6.33 Å². The lowest BCUT2D eigenvalue weighted by Crippen LogP contribution is -2.15. The Morgan fingerprint density at radius 3 is 3.00 bits per heavy atom. The van der Waals surface area contributed by atoms with Gasteiger partial charge in [-0.15, -0.1) is 0 Å². The van der Waals surface area contributed by atoms with Gasteiger partial charge < -0.3 is 5.32 Å². The van der Waals surface area contributed by atoms with Gasteiger partial charge in [-0.25, -0.2) is 9.37 Å². The lowest BCUT2D eigenvalue weighted by Gasteiger charge is -2.05. The van der Waals surface area contributed by atoms with Gasteiger partial charge in [-0.3, -0.25) is 5.10 Å². The van der Waals surface area contributed by atoms with Crippen LogP contribution in [-0.2, 0) is 13.0 Å². The first-order valence-corrected chi connectivity index (χ1v) is 6.05. The third-order valence-corrected chi connectivity index (χ3v) is 2.80. The van der Waals surface area contributed by atoms with E-state index in [0.717, 1.165) is 30.8 Å². The van der Waals surface area contributed by atoms with E-state index >= 15 is 0 Å². The first-order valence-electron chi connectivity index (χ1n) is 6.05. The number of H-pyrrole nitrogens is 1. The van der Waals surface area contributed by atoms with Gasteiger partial charge in [0.1, 0.15) is 18.0 Å². The Balaban J connectivity index is 1.67. The molecule has 0 aliphatic heterocycles. The number of nitrogens with zero attached hydrogens (tertiary/aromatic N) is 2. The molecule has 0 saturated heterocycles. The van der Waals surface area contributed by atoms with Crippen LogP contribution in [0, 0.1) is 12.7 Å². The van der Waals surface area contributed by atoms with Crippen molar-refractivity contribution in [2.45, 2.75) is 26.3 Å². The SMILES string of the molecule is Cc1ccc(CNCCCc2ncn[nH]2)cc1F. The van der Waals surface area contributed by atoms with E-state index in [2.05, 4.69) is 20.5 Å². The minimum atomic E-state index is -0.143. The number of hydrogen-bond acceptors (Lipinski definition) is 3. The van der Waals surface area contributed by atoms with Crippen LogP contribution in [0.2, 0.25) is 0 Å². The largest absolute Gasteiger partial charge is 0.313 e. The Morgan fingerprint density at radius 2 is 2.28 bits per heavy atom. The maximum atomic E-state index is 13.3. The quantitative estimate of drug-likeness (QED) is 0.768. The van der Waals surface area contributed by atoms with Crippen molar-refractivity contribution in [1.29, 1.82) is 0 Å². The lowest BCUT2D eigenvalue weighted by atomic mass is 10.1. The van der Waals surface area contributed by atoms with Crippen molar-refractivity contribution < 1.29 is 4.39 Å². The van der Waals surface area contributed by atoms with Crippen molar-refractivity contribution in [1.82, 2.24) is 20.5 Å². The molecular formula is C13H17FN4. The summed E-state index contributed by atoms with van der Waals surface area (Å²) >= 11 is 0. The van der Waals surface area contributed by atoms with E-state index in [0.29, 0.717) is 12.1 Å². The Bertz CT molecular complexity index is 482. The molecule has 0 saturated carbocycles. The number of halogens is 1. The molecule has 2 aromatic rings. The summed E-state index contributed by atoms with van der Waals surface area (Å²) in [6.07, 6.45) is 3.36. The van der Waals surface area contributed by atoms with Gasteiger partial charge in [-0.05, 0) is 37.1 Å². The average Bonchev–Trinajstić information content (AvgIpc) is 2.86. The smallest absolute Gasteiger partial charge is 0.137 e. The summed E-state index contributed by atoms with van der Waals surface area (Å²) in [4.78, 5) is 4.05. The van der Waals surface area contributed by atoms with E-state index in [-0.39, 0.29) is 5.82 Å². The summed E-state index contributed by atoms with van der Waals surface area (Å²) in [5.41, 5.74) is 1.65. The van der Waals surface area contributed by atoms with Crippen molar-refractivity contribution in [2.75, 3.05) is 6.54 Å². The Kier molecular flexibility index (Phi) is 4.41. The Labute approximate surface area is 106 Å². The van der Waals surface area contributed by atoms with Crippen molar-refractivity contribution in [3.63, 3.8) is 0 Å². The molecule has 0 bridgehead atoms. The van der Waals surface area contributed by atoms with Crippen LogP contribution in [0.25, 0.3) is 0 Å². The number of aryl methyl sites for hydroxylation is 2. The molecular weight excluding hydrogens is 231 g/mol. The summed E-state index contributed by atoms with van der Waals surface area (Å²) in [7, 11) is 0. The number of aromatic nitrogens is 3. The van der Waals surface area contributed by atoms with Crippen LogP contribution in [-0.4, -0.2) is 21.7 Å². The van der Waals surface area contributed by atoms with Gasteiger partial charge in [-0.1, -0.05) is 12.1 Å². The van der Waals surface area contributed by atoms with E-state index in [1.54, 1.807) is 19.1 Å². The van der Waals surface area contributed by atoms with Crippen molar-refractivity contribution in [2.24, 2.45) is 0 Å². The van der Waals surface area contributed by atoms with Crippen molar-refractivity contribution in [3.8, 4) is 0 Å². The van der Waals surface area contributed by atoms with Crippen molar-refractivity contribution >= 4 is 0 Å². The number of benzene rings is 1. The summed E-state index contributed by atoms with van der Waals surface area (Å²) in [6.45, 7) is 3.33. The highest BCUT2D eigenvalue weighted by Crippen LogP contribution is 2.08. The van der Waals surface area contributed by atoms with Gasteiger partial charge in [0, 0.05) is 13.0 Å². The molecule has 0 spiro atoms. The van der Waals surface area contributed by atoms with Gasteiger partial charge in [0.25, 0.3) is 0 Å². The maximum Gasteiger partial charge on any atom is 0.137 e. The summed E-state index contributed by atoms with van der Waals surface area (Å²) in [5.74, 6) is 0.758. The molecule has 1 heterocycles. The fourth-order valence-corrected chi connectivity index (χ4v) is 1.71. The number of rotatable bonds is 6. The molecule has 0 aliphatic carbocycles. The van der Waals surface area contributed by atoms with Gasteiger partial charge in [0.15, 0.2) is 0 Å². The second-order valence-corrected chi connectivity index (χ2v) is 4.30. The molecule has 0 fully saturated rings. The molecule has 4 nitrogen and oxygen atoms in total. The van der Waals surface area contributed by atoms with Crippen LogP contribution in [0.3, 0.4) is 0 Å². The molecule has 0 unspecified atom stereocenters. The van der Waals surface area contributed by atoms with Crippen molar-refractivity contribution in [3.05, 3.63) is 47.3 Å². The van der Waals surface area contributed by atoms with Crippen LogP contribution < -0.4 is 5.32 Å². The van der Waals surface area contributed by atoms with Gasteiger partial charge in [-0.2, -0.15) is 5.10 Å². The molecule has 0 amide bonds. The van der Waals surface area contributed by atoms with Crippen LogP contribution in [0.1, 0.15) is 23.4 Å². The minimum absolute atomic E-state index is 0.143. The fraction of sp³-hybridized carbons (Fsp3) is 0.385. The monoisotopic (exact) mass is 248 g/mol. The zero-order valence-corrected chi connectivity index (χ0v) is 10.4. The van der Waals surface area contributed by atoms with Gasteiger partial charge in [0.05, 0.1) is 0 Å². The highest BCUT2D eigenvalue weighted by Gasteiger charge is 1.99. The zero-order chi connectivity index (χ0) is 12.8. The van der Waals surface area contributed by atoms with Crippen LogP contribution in [0.15, 0.2) is 24.5 Å². The minimum Gasteiger partial charge on any atom is -0.313 e. The topological polar surface area (TPSA) is 53.6 Å². The third-order valence-electron chi connectivity index (χ3n) is 2.80. The Hall–Kier alpha value is -1.75. The molecule has 1 aromatic heterocycles. The van der Waals surface area contributed by atoms with Gasteiger partial charge in [0.2, 0.25) is 0 Å². The zero-order valence-electron chi connectivity index (χ0n) is 10.4. The molecule has 2 rings (SSSR count). The second kappa shape index (κ2) is 6.26. The average molecular weight is 248 g/mol. The first kappa shape index (κ1) is 12.7. The highest BCUT2D eigenvalue weighted by atomic mass is 19.1. The molecule has 2 N–H and O–H groups in total. The molecule has 5 heteroatoms. The summed E-state index contributed by atoms with van der Waals surface area (Å²) < 4.78 is 13.3. The fourth-order valence-electron chi connectivity index (χ4n) is 1.71. The molecule has 1 aromatic carbocycles. The molecule has 18 heavy (non-hydrogen) atoms. The predicted octanol–water partition coefficient (Wildman–Crippen LogP) is 1.97. The number of nitrogens with one attached hydrogen (secondary N) is 2. The second-order valence-electron chi connectivity index (χ2n) is 4.30. The molecule has 0 radical (unpaired) electrons. The van der Waals surface area contributed by atoms with E-state index < -0.39 is 0 Å². The van der Waals surface area contributed by atoms with Gasteiger partial charge >= 0.3 is 0 Å². The first-order chi connectivity index (χ1) is 8.75. The summed E-state index contributed by atoms with van der Waals surface area (Å²) in [5, 5.41) is 9.89. The standard InChI is InChI=1S/C13H17FN4/c1-10-4-5-11(7-12(10)14)8-15-6-2-3-13-16-9-17-18-13/h4-5,7,9,15H,2-3,6,8H2,1H3,(H,16,17,18). The van der Waals surface area contributed by atoms with E-state index in [4.69, 9.17) is 0 Å². The summed E-state index contributed by atoms with van der Waals surface area (Å²) in [6, 6.07) is 5.33. The normalized spacial score (nSPS) is 10.8. The predicted molar refractivity (Wildman–Crippen MR) is 67.5 cm³/mol. The molecule has 0 atom stereocenters.